The Labute approximate surface area is 154 Å². The van der Waals surface area contributed by atoms with Crippen LogP contribution in [0.3, 0.4) is 0 Å². The number of aliphatic carboxylic acids is 1. The van der Waals surface area contributed by atoms with Crippen molar-refractivity contribution in [3.8, 4) is 22.5 Å². The van der Waals surface area contributed by atoms with E-state index in [4.69, 9.17) is 0 Å². The summed E-state index contributed by atoms with van der Waals surface area (Å²) in [6, 6.07) is 14.2. The third kappa shape index (κ3) is 2.69. The van der Waals surface area contributed by atoms with Crippen LogP contribution < -0.4 is 34.7 Å². The molecule has 6 nitrogen and oxygen atoms in total. The van der Waals surface area contributed by atoms with Gasteiger partial charge >= 0.3 is 29.6 Å². The summed E-state index contributed by atoms with van der Waals surface area (Å²) in [5.41, 5.74) is 5.59. The van der Waals surface area contributed by atoms with Gasteiger partial charge in [0, 0.05) is 5.56 Å². The van der Waals surface area contributed by atoms with E-state index < -0.39 is 5.97 Å². The minimum atomic E-state index is -1.22. The Balaban J connectivity index is 0.00000156. The number of tetrazole rings is 1. The molecule has 1 heterocycles. The molecule has 0 N–H and O–H groups in total. The third-order valence-corrected chi connectivity index (χ3v) is 3.90. The molecule has 1 aromatic heterocycles. The fourth-order valence-electron chi connectivity index (χ4n) is 2.99. The van der Waals surface area contributed by atoms with Gasteiger partial charge in [0.1, 0.15) is 0 Å². The molecule has 0 bridgehead atoms. The van der Waals surface area contributed by atoms with Crippen molar-refractivity contribution in [1.82, 2.24) is 20.2 Å². The maximum atomic E-state index is 10.8. The number of carbonyl (C=O) groups excluding carboxylic acids is 1. The zero-order valence-corrected chi connectivity index (χ0v) is 14.6. The minimum absolute atomic E-state index is 0. The van der Waals surface area contributed by atoms with Gasteiger partial charge in [-0.15, -0.1) is 5.10 Å². The Hall–Kier alpha value is -2.02. The van der Waals surface area contributed by atoms with Crippen LogP contribution in [0, 0.1) is 0 Å². The van der Waals surface area contributed by atoms with E-state index in [2.05, 4.69) is 33.7 Å². The first kappa shape index (κ1) is 15.9. The van der Waals surface area contributed by atoms with Crippen LogP contribution >= 0.6 is 0 Å². The number of hydrogen-bond donors (Lipinski definition) is 0. The van der Waals surface area contributed by atoms with E-state index in [0.717, 1.165) is 23.1 Å². The molecule has 1 aliphatic rings. The number of rotatable bonds is 3. The molecule has 0 spiro atoms. The maximum Gasteiger partial charge on any atom is 1.00 e. The van der Waals surface area contributed by atoms with E-state index in [1.54, 1.807) is 0 Å². The molecule has 0 saturated carbocycles. The van der Waals surface area contributed by atoms with Gasteiger partial charge in [0.25, 0.3) is 0 Å². The van der Waals surface area contributed by atoms with Crippen LogP contribution in [0.4, 0.5) is 0 Å². The van der Waals surface area contributed by atoms with Crippen LogP contribution in [0.1, 0.15) is 11.1 Å². The SMILES string of the molecule is O=C([O-])Cn1nnnc1-c1cccc2c1Cc1ccccc1-2.[Na+]. The fraction of sp³-hybridized carbons (Fsp3) is 0.125. The predicted molar refractivity (Wildman–Crippen MR) is 76.5 cm³/mol. The number of nitrogens with zero attached hydrogens (tertiary/aromatic N) is 4. The number of carbonyl (C=O) groups is 1. The summed E-state index contributed by atoms with van der Waals surface area (Å²) in [6.07, 6.45) is 0.792. The molecule has 0 fully saturated rings. The van der Waals surface area contributed by atoms with Gasteiger partial charge < -0.3 is 9.90 Å². The van der Waals surface area contributed by atoms with Gasteiger partial charge in [0.2, 0.25) is 0 Å². The number of benzene rings is 2. The summed E-state index contributed by atoms with van der Waals surface area (Å²) in [6.45, 7) is -0.362. The van der Waals surface area contributed by atoms with E-state index in [1.165, 1.54) is 15.8 Å². The first-order valence-electron chi connectivity index (χ1n) is 6.90. The molecule has 23 heavy (non-hydrogen) atoms. The van der Waals surface area contributed by atoms with Crippen LogP contribution in [-0.4, -0.2) is 26.2 Å². The van der Waals surface area contributed by atoms with Crippen molar-refractivity contribution in [2.24, 2.45) is 0 Å². The molecule has 108 valence electrons. The number of aromatic nitrogens is 4. The molecular weight excluding hydrogens is 303 g/mol. The van der Waals surface area contributed by atoms with Gasteiger partial charge in [-0.2, -0.15) is 0 Å². The topological polar surface area (TPSA) is 83.7 Å². The van der Waals surface area contributed by atoms with Crippen molar-refractivity contribution in [3.63, 3.8) is 0 Å². The Kier molecular flexibility index (Phi) is 4.30. The van der Waals surface area contributed by atoms with Crippen LogP contribution in [0.5, 0.6) is 0 Å². The van der Waals surface area contributed by atoms with Crippen molar-refractivity contribution in [1.29, 1.82) is 0 Å². The Morgan fingerprint density at radius 1 is 1.09 bits per heavy atom. The first-order chi connectivity index (χ1) is 10.7. The largest absolute Gasteiger partial charge is 1.00 e. The zero-order chi connectivity index (χ0) is 15.1. The van der Waals surface area contributed by atoms with E-state index >= 15 is 0 Å². The summed E-state index contributed by atoms with van der Waals surface area (Å²) >= 11 is 0. The number of fused-ring (bicyclic) bond motifs is 3. The van der Waals surface area contributed by atoms with E-state index in [9.17, 15) is 9.90 Å². The molecule has 3 aromatic rings. The Morgan fingerprint density at radius 2 is 1.83 bits per heavy atom. The molecule has 7 heteroatoms. The second-order valence-corrected chi connectivity index (χ2v) is 5.20. The smallest absolute Gasteiger partial charge is 0.548 e. The molecule has 0 saturated heterocycles. The summed E-state index contributed by atoms with van der Waals surface area (Å²) in [7, 11) is 0. The number of hydrogen-bond acceptors (Lipinski definition) is 5. The van der Waals surface area contributed by atoms with Crippen molar-refractivity contribution in [2.45, 2.75) is 13.0 Å². The summed E-state index contributed by atoms with van der Waals surface area (Å²) in [5, 5.41) is 22.2. The average Bonchev–Trinajstić information content (AvgIpc) is 3.10. The van der Waals surface area contributed by atoms with Gasteiger partial charge in [-0.25, -0.2) is 4.68 Å². The summed E-state index contributed by atoms with van der Waals surface area (Å²) < 4.78 is 1.26. The van der Waals surface area contributed by atoms with Gasteiger partial charge in [0.15, 0.2) is 5.82 Å². The quantitative estimate of drug-likeness (QED) is 0.396. The van der Waals surface area contributed by atoms with Gasteiger partial charge in [-0.1, -0.05) is 42.5 Å². The van der Waals surface area contributed by atoms with Gasteiger partial charge in [-0.3, -0.25) is 0 Å². The first-order valence-corrected chi connectivity index (χ1v) is 6.90. The molecule has 4 rings (SSSR count). The van der Waals surface area contributed by atoms with Crippen molar-refractivity contribution < 1.29 is 39.5 Å². The van der Waals surface area contributed by atoms with E-state index in [-0.39, 0.29) is 36.1 Å². The second kappa shape index (κ2) is 6.23. The second-order valence-electron chi connectivity index (χ2n) is 5.20. The van der Waals surface area contributed by atoms with Crippen molar-refractivity contribution >= 4 is 5.97 Å². The molecule has 0 radical (unpaired) electrons. The molecule has 0 aliphatic heterocycles. The zero-order valence-electron chi connectivity index (χ0n) is 12.6. The predicted octanol–water partition coefficient (Wildman–Crippen LogP) is -2.33. The van der Waals surface area contributed by atoms with Crippen molar-refractivity contribution in [3.05, 3.63) is 53.6 Å². The molecule has 0 amide bonds. The van der Waals surface area contributed by atoms with E-state index in [1.807, 2.05) is 24.3 Å². The van der Waals surface area contributed by atoms with Gasteiger partial charge in [0.05, 0.1) is 12.5 Å². The van der Waals surface area contributed by atoms with E-state index in [0.29, 0.717) is 5.82 Å². The normalized spacial score (nSPS) is 11.5. The standard InChI is InChI=1S/C16H12N4O2.Na/c21-15(22)9-20-16(17-18-19-20)13-7-3-6-12-11-5-2-1-4-10(11)8-14(12)13;/h1-7H,8-9H2,(H,21,22);/q;+1/p-1. The van der Waals surface area contributed by atoms with Crippen LogP contribution in [0.25, 0.3) is 22.5 Å². The average molecular weight is 314 g/mol. The summed E-state index contributed by atoms with van der Waals surface area (Å²) in [4.78, 5) is 10.8. The van der Waals surface area contributed by atoms with Crippen LogP contribution in [0.2, 0.25) is 0 Å². The number of carboxylic acid groups (broad SMARTS) is 1. The van der Waals surface area contributed by atoms with Crippen molar-refractivity contribution in [2.75, 3.05) is 0 Å². The molecule has 0 atom stereocenters. The molecule has 1 aliphatic carbocycles. The van der Waals surface area contributed by atoms with Crippen LogP contribution in [-0.2, 0) is 17.8 Å². The monoisotopic (exact) mass is 314 g/mol. The summed E-state index contributed by atoms with van der Waals surface area (Å²) in [5.74, 6) is -0.765. The Morgan fingerprint density at radius 3 is 2.65 bits per heavy atom. The Bertz CT molecular complexity index is 891. The van der Waals surface area contributed by atoms with Crippen LogP contribution in [0.15, 0.2) is 42.5 Å². The molecule has 2 aromatic carbocycles. The third-order valence-electron chi connectivity index (χ3n) is 3.90. The maximum absolute atomic E-state index is 10.8. The molecule has 0 unspecified atom stereocenters. The molecular formula is C16H11N4NaO2. The number of carboxylic acids is 1. The minimum Gasteiger partial charge on any atom is -0.548 e. The van der Waals surface area contributed by atoms with Gasteiger partial charge in [-0.05, 0) is 39.1 Å². The fourth-order valence-corrected chi connectivity index (χ4v) is 2.99.